The summed E-state index contributed by atoms with van der Waals surface area (Å²) < 4.78 is 0. The predicted octanol–water partition coefficient (Wildman–Crippen LogP) is 0.789. The maximum atomic E-state index is 10.8. The Bertz CT molecular complexity index is 203. The highest BCUT2D eigenvalue weighted by atomic mass is 16.1. The average molecular weight is 137 g/mol. The highest BCUT2D eigenvalue weighted by molar-refractivity contribution is 5.93. The van der Waals surface area contributed by atoms with E-state index in [-0.39, 0.29) is 11.8 Å². The molecular weight excluding hydrogens is 126 g/mol. The van der Waals surface area contributed by atoms with Gasteiger partial charge in [0.15, 0.2) is 5.78 Å². The molecule has 2 heteroatoms. The summed E-state index contributed by atoms with van der Waals surface area (Å²) in [4.78, 5) is 10.8. The summed E-state index contributed by atoms with van der Waals surface area (Å²) in [5, 5.41) is 0. The van der Waals surface area contributed by atoms with Gasteiger partial charge in [0.1, 0.15) is 0 Å². The summed E-state index contributed by atoms with van der Waals surface area (Å²) in [5.41, 5.74) is 6.41. The topological polar surface area (TPSA) is 43.1 Å². The van der Waals surface area contributed by atoms with E-state index in [9.17, 15) is 4.79 Å². The van der Waals surface area contributed by atoms with Gasteiger partial charge in [-0.1, -0.05) is 18.2 Å². The van der Waals surface area contributed by atoms with Crippen molar-refractivity contribution in [1.82, 2.24) is 0 Å². The molecule has 54 valence electrons. The lowest BCUT2D eigenvalue weighted by Gasteiger charge is -2.10. The third kappa shape index (κ3) is 1.54. The normalized spacial score (nSPS) is 24.2. The van der Waals surface area contributed by atoms with Crippen LogP contribution in [0.5, 0.6) is 0 Å². The van der Waals surface area contributed by atoms with Gasteiger partial charge in [0.25, 0.3) is 0 Å². The van der Waals surface area contributed by atoms with Gasteiger partial charge in [-0.3, -0.25) is 4.79 Å². The van der Waals surface area contributed by atoms with Crippen molar-refractivity contribution in [2.45, 2.75) is 19.4 Å². The number of nitrogens with two attached hydrogens (primary N) is 1. The van der Waals surface area contributed by atoms with Crippen molar-refractivity contribution in [3.63, 3.8) is 0 Å². The number of carbonyl (C=O) groups is 1. The van der Waals surface area contributed by atoms with Crippen LogP contribution < -0.4 is 5.73 Å². The molecule has 1 atom stereocenters. The van der Waals surface area contributed by atoms with Gasteiger partial charge in [0.05, 0.1) is 0 Å². The Balaban J connectivity index is 2.71. The molecule has 0 amide bonds. The van der Waals surface area contributed by atoms with E-state index >= 15 is 0 Å². The lowest BCUT2D eigenvalue weighted by Crippen LogP contribution is -2.21. The molecule has 0 saturated heterocycles. The van der Waals surface area contributed by atoms with Crippen LogP contribution in [0.3, 0.4) is 0 Å². The lowest BCUT2D eigenvalue weighted by molar-refractivity contribution is -0.113. The van der Waals surface area contributed by atoms with Crippen molar-refractivity contribution in [2.75, 3.05) is 0 Å². The molecule has 2 nitrogen and oxygen atoms in total. The summed E-state index contributed by atoms with van der Waals surface area (Å²) in [6, 6.07) is 0.0314. The maximum absolute atomic E-state index is 10.8. The van der Waals surface area contributed by atoms with Crippen LogP contribution in [0.4, 0.5) is 0 Å². The number of rotatable bonds is 1. The van der Waals surface area contributed by atoms with E-state index in [4.69, 9.17) is 5.73 Å². The van der Waals surface area contributed by atoms with Gasteiger partial charge in [0.2, 0.25) is 0 Å². The molecule has 1 aliphatic carbocycles. The number of carbonyl (C=O) groups excluding carboxylic acids is 1. The molecule has 0 aromatic heterocycles. The molecule has 0 spiro atoms. The van der Waals surface area contributed by atoms with E-state index in [0.29, 0.717) is 6.42 Å². The highest BCUT2D eigenvalue weighted by Crippen LogP contribution is 2.11. The summed E-state index contributed by atoms with van der Waals surface area (Å²) >= 11 is 0. The van der Waals surface area contributed by atoms with E-state index in [1.165, 1.54) is 0 Å². The van der Waals surface area contributed by atoms with Crippen molar-refractivity contribution in [3.8, 4) is 0 Å². The first-order valence-corrected chi connectivity index (χ1v) is 3.34. The van der Waals surface area contributed by atoms with Crippen LogP contribution in [-0.2, 0) is 4.79 Å². The zero-order valence-corrected chi connectivity index (χ0v) is 6.00. The molecule has 0 radical (unpaired) electrons. The molecule has 0 aliphatic heterocycles. The van der Waals surface area contributed by atoms with Gasteiger partial charge in [-0.2, -0.15) is 0 Å². The second-order valence-corrected chi connectivity index (χ2v) is 2.50. The molecule has 0 bridgehead atoms. The second-order valence-electron chi connectivity index (χ2n) is 2.50. The van der Waals surface area contributed by atoms with Crippen molar-refractivity contribution >= 4 is 5.78 Å². The van der Waals surface area contributed by atoms with E-state index in [1.54, 1.807) is 6.92 Å². The summed E-state index contributed by atoms with van der Waals surface area (Å²) in [5.74, 6) is 0.125. The molecule has 1 rings (SSSR count). The number of ketones is 1. The molecule has 0 aromatic rings. The minimum Gasteiger partial charge on any atom is -0.324 e. The van der Waals surface area contributed by atoms with Crippen LogP contribution in [-0.4, -0.2) is 11.8 Å². The van der Waals surface area contributed by atoms with Crippen LogP contribution in [0.1, 0.15) is 13.3 Å². The Morgan fingerprint density at radius 1 is 1.80 bits per heavy atom. The minimum atomic E-state index is 0.0314. The van der Waals surface area contributed by atoms with Gasteiger partial charge < -0.3 is 5.73 Å². The molecule has 2 N–H and O–H groups in total. The number of hydrogen-bond donors (Lipinski definition) is 1. The van der Waals surface area contributed by atoms with Gasteiger partial charge in [-0.15, -0.1) is 0 Å². The van der Waals surface area contributed by atoms with Gasteiger partial charge >= 0.3 is 0 Å². The fraction of sp³-hybridized carbons (Fsp3) is 0.375. The number of allylic oxidation sites excluding steroid dienone is 2. The standard InChI is InChI=1S/C8H11NO/c1-6(10)7-3-2-4-8(9)5-7/h2-4,8H,5,9H2,1H3. The summed E-state index contributed by atoms with van der Waals surface area (Å²) in [7, 11) is 0. The van der Waals surface area contributed by atoms with Crippen LogP contribution in [0, 0.1) is 0 Å². The quantitative estimate of drug-likeness (QED) is 0.580. The van der Waals surface area contributed by atoms with Crippen molar-refractivity contribution in [1.29, 1.82) is 0 Å². The first-order valence-electron chi connectivity index (χ1n) is 3.34. The summed E-state index contributed by atoms with van der Waals surface area (Å²) in [6.07, 6.45) is 6.24. The zero-order valence-electron chi connectivity index (χ0n) is 6.00. The predicted molar refractivity (Wildman–Crippen MR) is 40.5 cm³/mol. The Morgan fingerprint density at radius 3 is 2.90 bits per heavy atom. The minimum absolute atomic E-state index is 0.0314. The number of Topliss-reactive ketones (excluding diaryl/α,β-unsaturated/α-hetero) is 1. The van der Waals surface area contributed by atoms with E-state index in [1.807, 2.05) is 18.2 Å². The Hall–Kier alpha value is -0.890. The third-order valence-electron chi connectivity index (χ3n) is 1.56. The smallest absolute Gasteiger partial charge is 0.155 e. The first kappa shape index (κ1) is 7.22. The largest absolute Gasteiger partial charge is 0.324 e. The molecule has 1 aliphatic rings. The van der Waals surface area contributed by atoms with Crippen LogP contribution in [0.25, 0.3) is 0 Å². The SMILES string of the molecule is CC(=O)C1=CC=CC(N)C1. The molecule has 0 aromatic carbocycles. The fourth-order valence-corrected chi connectivity index (χ4v) is 0.966. The average Bonchev–Trinajstić information content (AvgIpc) is 1.88. The molecule has 0 heterocycles. The molecule has 0 fully saturated rings. The molecular formula is C8H11NO. The van der Waals surface area contributed by atoms with Gasteiger partial charge in [0, 0.05) is 6.04 Å². The zero-order chi connectivity index (χ0) is 7.56. The molecule has 1 unspecified atom stereocenters. The first-order chi connectivity index (χ1) is 4.70. The Morgan fingerprint density at radius 2 is 2.50 bits per heavy atom. The van der Waals surface area contributed by atoms with Crippen LogP contribution in [0.15, 0.2) is 23.8 Å². The second kappa shape index (κ2) is 2.80. The highest BCUT2D eigenvalue weighted by Gasteiger charge is 2.09. The Kier molecular flexibility index (Phi) is 2.02. The fourth-order valence-electron chi connectivity index (χ4n) is 0.966. The monoisotopic (exact) mass is 137 g/mol. The van der Waals surface area contributed by atoms with Gasteiger partial charge in [-0.05, 0) is 18.9 Å². The van der Waals surface area contributed by atoms with E-state index in [2.05, 4.69) is 0 Å². The lowest BCUT2D eigenvalue weighted by atomic mass is 9.99. The van der Waals surface area contributed by atoms with Crippen LogP contribution >= 0.6 is 0 Å². The summed E-state index contributed by atoms with van der Waals surface area (Å²) in [6.45, 7) is 1.57. The van der Waals surface area contributed by atoms with E-state index in [0.717, 1.165) is 5.57 Å². The van der Waals surface area contributed by atoms with Gasteiger partial charge in [-0.25, -0.2) is 0 Å². The maximum Gasteiger partial charge on any atom is 0.155 e. The van der Waals surface area contributed by atoms with Crippen molar-refractivity contribution in [2.24, 2.45) is 5.73 Å². The Labute approximate surface area is 60.4 Å². The van der Waals surface area contributed by atoms with Crippen molar-refractivity contribution in [3.05, 3.63) is 23.8 Å². The third-order valence-corrected chi connectivity index (χ3v) is 1.56. The van der Waals surface area contributed by atoms with Crippen LogP contribution in [0.2, 0.25) is 0 Å². The molecule has 0 saturated carbocycles. The number of hydrogen-bond acceptors (Lipinski definition) is 2. The van der Waals surface area contributed by atoms with E-state index < -0.39 is 0 Å². The van der Waals surface area contributed by atoms with Crippen molar-refractivity contribution < 1.29 is 4.79 Å². The molecule has 10 heavy (non-hydrogen) atoms.